The Morgan fingerprint density at radius 1 is 1.58 bits per heavy atom. The molecule has 0 radical (unpaired) electrons. The average molecular weight is 175 g/mol. The van der Waals surface area contributed by atoms with Crippen LogP contribution in [-0.4, -0.2) is 43.4 Å². The van der Waals surface area contributed by atoms with Crippen molar-refractivity contribution in [1.29, 1.82) is 0 Å². The number of halogens is 1. The van der Waals surface area contributed by atoms with Crippen molar-refractivity contribution in [3.63, 3.8) is 0 Å². The lowest BCUT2D eigenvalue weighted by Crippen LogP contribution is -2.35. The molecule has 2 nitrogen and oxygen atoms in total. The zero-order chi connectivity index (χ0) is 9.14. The Balaban J connectivity index is 2.29. The van der Waals surface area contributed by atoms with E-state index in [1.54, 1.807) is 0 Å². The highest BCUT2D eigenvalue weighted by Crippen LogP contribution is 2.19. The predicted octanol–water partition coefficient (Wildman–Crippen LogP) is 1.45. The van der Waals surface area contributed by atoms with Crippen LogP contribution in [0.1, 0.15) is 20.3 Å². The van der Waals surface area contributed by atoms with Crippen molar-refractivity contribution in [2.24, 2.45) is 0 Å². The third kappa shape index (κ3) is 2.42. The van der Waals surface area contributed by atoms with Gasteiger partial charge in [0, 0.05) is 6.54 Å². The summed E-state index contributed by atoms with van der Waals surface area (Å²) in [6.07, 6.45) is 0.155. The Hall–Kier alpha value is -0.150. The quantitative estimate of drug-likeness (QED) is 0.643. The smallest absolute Gasteiger partial charge is 0.119 e. The molecule has 1 aliphatic rings. The van der Waals surface area contributed by atoms with Crippen LogP contribution in [0.3, 0.4) is 0 Å². The second-order valence-electron chi connectivity index (χ2n) is 3.73. The van der Waals surface area contributed by atoms with E-state index in [4.69, 9.17) is 4.74 Å². The summed E-state index contributed by atoms with van der Waals surface area (Å²) in [5.41, 5.74) is 0. The van der Waals surface area contributed by atoms with Crippen LogP contribution in [-0.2, 0) is 4.74 Å². The molecule has 1 saturated heterocycles. The minimum Gasteiger partial charge on any atom is -0.377 e. The molecule has 72 valence electrons. The van der Waals surface area contributed by atoms with Crippen molar-refractivity contribution in [2.75, 3.05) is 20.2 Å². The van der Waals surface area contributed by atoms with Crippen LogP contribution < -0.4 is 0 Å². The van der Waals surface area contributed by atoms with Gasteiger partial charge < -0.3 is 4.74 Å². The van der Waals surface area contributed by atoms with Gasteiger partial charge in [0.05, 0.1) is 18.8 Å². The summed E-state index contributed by atoms with van der Waals surface area (Å²) in [6.45, 7) is 5.33. The number of hydrogen-bond donors (Lipinski definition) is 0. The predicted molar refractivity (Wildman–Crippen MR) is 47.0 cm³/mol. The average Bonchev–Trinajstić information content (AvgIpc) is 2.28. The van der Waals surface area contributed by atoms with Crippen LogP contribution in [0.4, 0.5) is 4.39 Å². The zero-order valence-corrected chi connectivity index (χ0v) is 8.09. The SMILES string of the molecule is CC(C)OC[C@H]1C(F)CCN1C. The van der Waals surface area contributed by atoms with Crippen LogP contribution >= 0.6 is 0 Å². The maximum Gasteiger partial charge on any atom is 0.119 e. The summed E-state index contributed by atoms with van der Waals surface area (Å²) in [4.78, 5) is 2.03. The normalized spacial score (nSPS) is 31.8. The molecule has 0 spiro atoms. The molecule has 1 unspecified atom stereocenters. The summed E-state index contributed by atoms with van der Waals surface area (Å²) in [6, 6.07) is -0.0209. The van der Waals surface area contributed by atoms with Crippen LogP contribution in [0.25, 0.3) is 0 Å². The Bertz CT molecular complexity index is 130. The number of ether oxygens (including phenoxy) is 1. The van der Waals surface area contributed by atoms with Gasteiger partial charge in [-0.15, -0.1) is 0 Å². The standard InChI is InChI=1S/C9H18FNO/c1-7(2)12-6-9-8(10)4-5-11(9)3/h7-9H,4-6H2,1-3H3/t8?,9-/m0/s1. The summed E-state index contributed by atoms with van der Waals surface area (Å²) in [7, 11) is 1.95. The highest BCUT2D eigenvalue weighted by atomic mass is 19.1. The molecule has 0 N–H and O–H groups in total. The summed E-state index contributed by atoms with van der Waals surface area (Å²) >= 11 is 0. The Labute approximate surface area is 73.7 Å². The van der Waals surface area contributed by atoms with Gasteiger partial charge in [-0.2, -0.15) is 0 Å². The van der Waals surface area contributed by atoms with E-state index < -0.39 is 6.17 Å². The molecule has 0 aromatic rings. The first-order valence-electron chi connectivity index (χ1n) is 4.57. The van der Waals surface area contributed by atoms with Crippen molar-refractivity contribution >= 4 is 0 Å². The second kappa shape index (κ2) is 4.19. The molecule has 0 aliphatic carbocycles. The van der Waals surface area contributed by atoms with E-state index in [0.717, 1.165) is 6.54 Å². The van der Waals surface area contributed by atoms with E-state index in [1.165, 1.54) is 0 Å². The van der Waals surface area contributed by atoms with Crippen molar-refractivity contribution in [1.82, 2.24) is 4.90 Å². The molecule has 1 heterocycles. The fraction of sp³-hybridized carbons (Fsp3) is 1.00. The van der Waals surface area contributed by atoms with E-state index >= 15 is 0 Å². The lowest BCUT2D eigenvalue weighted by Gasteiger charge is -2.21. The topological polar surface area (TPSA) is 12.5 Å². The molecule has 3 heteroatoms. The maximum atomic E-state index is 13.2. The summed E-state index contributed by atoms with van der Waals surface area (Å²) in [5, 5.41) is 0. The molecule has 1 rings (SSSR count). The van der Waals surface area contributed by atoms with Gasteiger partial charge in [0.15, 0.2) is 0 Å². The van der Waals surface area contributed by atoms with Crippen molar-refractivity contribution in [3.8, 4) is 0 Å². The monoisotopic (exact) mass is 175 g/mol. The van der Waals surface area contributed by atoms with Crippen LogP contribution in [0, 0.1) is 0 Å². The van der Waals surface area contributed by atoms with Crippen LogP contribution in [0.5, 0.6) is 0 Å². The first-order valence-corrected chi connectivity index (χ1v) is 4.57. The van der Waals surface area contributed by atoms with Gasteiger partial charge in [-0.05, 0) is 27.3 Å². The number of alkyl halides is 1. The Morgan fingerprint density at radius 2 is 2.25 bits per heavy atom. The molecule has 0 aromatic heterocycles. The first kappa shape index (κ1) is 9.93. The molecule has 0 aromatic carbocycles. The number of hydrogen-bond acceptors (Lipinski definition) is 2. The minimum atomic E-state index is -0.700. The molecule has 12 heavy (non-hydrogen) atoms. The zero-order valence-electron chi connectivity index (χ0n) is 8.09. The largest absolute Gasteiger partial charge is 0.377 e. The lowest BCUT2D eigenvalue weighted by molar-refractivity contribution is 0.0273. The van der Waals surface area contributed by atoms with Crippen LogP contribution in [0.15, 0.2) is 0 Å². The molecular formula is C9H18FNO. The van der Waals surface area contributed by atoms with Crippen LogP contribution in [0.2, 0.25) is 0 Å². The highest BCUT2D eigenvalue weighted by Gasteiger charge is 2.31. The molecular weight excluding hydrogens is 157 g/mol. The minimum absolute atomic E-state index is 0.0209. The fourth-order valence-electron chi connectivity index (χ4n) is 1.48. The van der Waals surface area contributed by atoms with E-state index in [1.807, 2.05) is 25.8 Å². The Morgan fingerprint density at radius 3 is 2.67 bits per heavy atom. The lowest BCUT2D eigenvalue weighted by atomic mass is 10.2. The fourth-order valence-corrected chi connectivity index (χ4v) is 1.48. The van der Waals surface area contributed by atoms with Gasteiger partial charge in [0.2, 0.25) is 0 Å². The summed E-state index contributed by atoms with van der Waals surface area (Å²) in [5.74, 6) is 0. The van der Waals surface area contributed by atoms with Crippen molar-refractivity contribution in [3.05, 3.63) is 0 Å². The van der Waals surface area contributed by atoms with E-state index in [9.17, 15) is 4.39 Å². The Kier molecular flexibility index (Phi) is 3.47. The van der Waals surface area contributed by atoms with E-state index in [-0.39, 0.29) is 12.1 Å². The highest BCUT2D eigenvalue weighted by molar-refractivity contribution is 4.84. The number of nitrogens with zero attached hydrogens (tertiary/aromatic N) is 1. The molecule has 1 fully saturated rings. The van der Waals surface area contributed by atoms with Gasteiger partial charge in [-0.3, -0.25) is 4.90 Å². The third-order valence-electron chi connectivity index (χ3n) is 2.34. The van der Waals surface area contributed by atoms with Crippen molar-refractivity contribution < 1.29 is 9.13 Å². The van der Waals surface area contributed by atoms with E-state index in [0.29, 0.717) is 13.0 Å². The van der Waals surface area contributed by atoms with Gasteiger partial charge in [0.1, 0.15) is 6.17 Å². The molecule has 1 aliphatic heterocycles. The van der Waals surface area contributed by atoms with E-state index in [2.05, 4.69) is 0 Å². The second-order valence-corrected chi connectivity index (χ2v) is 3.73. The van der Waals surface area contributed by atoms with Crippen molar-refractivity contribution in [2.45, 2.75) is 38.6 Å². The van der Waals surface area contributed by atoms with Gasteiger partial charge >= 0.3 is 0 Å². The molecule has 0 saturated carbocycles. The molecule has 2 atom stereocenters. The third-order valence-corrected chi connectivity index (χ3v) is 2.34. The first-order chi connectivity index (χ1) is 5.61. The van der Waals surface area contributed by atoms with Gasteiger partial charge in [-0.1, -0.05) is 0 Å². The maximum absolute atomic E-state index is 13.2. The molecule has 0 bridgehead atoms. The molecule has 0 amide bonds. The number of likely N-dealkylation sites (N-methyl/N-ethyl adjacent to an activating group) is 1. The summed E-state index contributed by atoms with van der Waals surface area (Å²) < 4.78 is 18.6. The number of rotatable bonds is 3. The number of likely N-dealkylation sites (tertiary alicyclic amines) is 1. The van der Waals surface area contributed by atoms with Gasteiger partial charge in [-0.25, -0.2) is 4.39 Å². The van der Waals surface area contributed by atoms with Gasteiger partial charge in [0.25, 0.3) is 0 Å².